The van der Waals surface area contributed by atoms with E-state index in [0.29, 0.717) is 6.04 Å². The molecule has 0 aliphatic heterocycles. The maximum atomic E-state index is 9.29. The van der Waals surface area contributed by atoms with Crippen LogP contribution < -0.4 is 0 Å². The van der Waals surface area contributed by atoms with E-state index in [4.69, 9.17) is 0 Å². The zero-order valence-corrected chi connectivity index (χ0v) is 9.58. The number of rotatable bonds is 7. The molecule has 0 amide bonds. The van der Waals surface area contributed by atoms with Gasteiger partial charge >= 0.3 is 0 Å². The van der Waals surface area contributed by atoms with Crippen LogP contribution in [0.1, 0.15) is 47.0 Å². The van der Waals surface area contributed by atoms with E-state index in [1.807, 2.05) is 6.92 Å². The van der Waals surface area contributed by atoms with Crippen LogP contribution in [0.15, 0.2) is 0 Å². The lowest BCUT2D eigenvalue weighted by atomic mass is 10.2. The summed E-state index contributed by atoms with van der Waals surface area (Å²) in [5, 5.41) is 9.29. The highest BCUT2D eigenvalue weighted by molar-refractivity contribution is 4.65. The van der Waals surface area contributed by atoms with Crippen LogP contribution in [-0.2, 0) is 0 Å². The Labute approximate surface area is 82.9 Å². The van der Waals surface area contributed by atoms with Crippen molar-refractivity contribution in [3.8, 4) is 0 Å². The van der Waals surface area contributed by atoms with Gasteiger partial charge in [-0.1, -0.05) is 19.8 Å². The fraction of sp³-hybridized carbons (Fsp3) is 1.00. The number of unbranched alkanes of at least 4 members (excludes halogenated alkanes) is 2. The van der Waals surface area contributed by atoms with Gasteiger partial charge in [0.25, 0.3) is 0 Å². The summed E-state index contributed by atoms with van der Waals surface area (Å²) in [5.41, 5.74) is 0. The summed E-state index contributed by atoms with van der Waals surface area (Å²) < 4.78 is 0. The Morgan fingerprint density at radius 3 is 2.15 bits per heavy atom. The van der Waals surface area contributed by atoms with E-state index < -0.39 is 0 Å². The smallest absolute Gasteiger partial charge is 0.0639 e. The zero-order chi connectivity index (χ0) is 10.3. The van der Waals surface area contributed by atoms with Gasteiger partial charge < -0.3 is 5.11 Å². The number of aliphatic hydroxyl groups is 1. The minimum Gasteiger partial charge on any atom is -0.392 e. The number of nitrogens with zero attached hydrogens (tertiary/aromatic N) is 1. The lowest BCUT2D eigenvalue weighted by Gasteiger charge is -2.27. The van der Waals surface area contributed by atoms with Crippen LogP contribution in [0.4, 0.5) is 0 Å². The van der Waals surface area contributed by atoms with Crippen LogP contribution in [0.25, 0.3) is 0 Å². The first-order valence-corrected chi connectivity index (χ1v) is 5.50. The van der Waals surface area contributed by atoms with Gasteiger partial charge in [-0.3, -0.25) is 4.90 Å². The Kier molecular flexibility index (Phi) is 7.29. The Hall–Kier alpha value is -0.0800. The first-order chi connectivity index (χ1) is 6.07. The van der Waals surface area contributed by atoms with Gasteiger partial charge in [0.1, 0.15) is 0 Å². The molecule has 0 fully saturated rings. The maximum Gasteiger partial charge on any atom is 0.0639 e. The van der Waals surface area contributed by atoms with Crippen LogP contribution in [0.5, 0.6) is 0 Å². The molecule has 0 aliphatic carbocycles. The summed E-state index contributed by atoms with van der Waals surface area (Å²) in [4.78, 5) is 2.35. The van der Waals surface area contributed by atoms with Crippen molar-refractivity contribution in [1.82, 2.24) is 4.90 Å². The van der Waals surface area contributed by atoms with Crippen LogP contribution >= 0.6 is 0 Å². The third-order valence-corrected chi connectivity index (χ3v) is 2.28. The molecular formula is C11H25NO. The second kappa shape index (κ2) is 7.34. The van der Waals surface area contributed by atoms with Crippen molar-refractivity contribution in [3.05, 3.63) is 0 Å². The highest BCUT2D eigenvalue weighted by Crippen LogP contribution is 2.04. The molecule has 0 spiro atoms. The molecule has 2 heteroatoms. The summed E-state index contributed by atoms with van der Waals surface area (Å²) in [6, 6.07) is 0.548. The number of aliphatic hydroxyl groups excluding tert-OH is 1. The first-order valence-electron chi connectivity index (χ1n) is 5.50. The van der Waals surface area contributed by atoms with E-state index >= 15 is 0 Å². The predicted octanol–water partition coefficient (Wildman–Crippen LogP) is 2.27. The predicted molar refractivity (Wildman–Crippen MR) is 57.9 cm³/mol. The molecule has 0 aliphatic rings. The molecule has 1 N–H and O–H groups in total. The van der Waals surface area contributed by atoms with Gasteiger partial charge in [0, 0.05) is 12.6 Å². The average Bonchev–Trinajstić information content (AvgIpc) is 2.02. The largest absolute Gasteiger partial charge is 0.392 e. The third kappa shape index (κ3) is 7.03. The second-order valence-electron chi connectivity index (χ2n) is 4.14. The van der Waals surface area contributed by atoms with Gasteiger partial charge in [0.05, 0.1) is 6.10 Å². The van der Waals surface area contributed by atoms with E-state index in [1.54, 1.807) is 0 Å². The monoisotopic (exact) mass is 187 g/mol. The van der Waals surface area contributed by atoms with Crippen molar-refractivity contribution in [2.45, 2.75) is 59.1 Å². The van der Waals surface area contributed by atoms with Gasteiger partial charge in [0.15, 0.2) is 0 Å². The molecular weight excluding hydrogens is 162 g/mol. The maximum absolute atomic E-state index is 9.29. The molecule has 0 rings (SSSR count). The van der Waals surface area contributed by atoms with Crippen molar-refractivity contribution in [3.63, 3.8) is 0 Å². The van der Waals surface area contributed by atoms with Gasteiger partial charge in [-0.05, 0) is 33.7 Å². The minimum atomic E-state index is -0.205. The summed E-state index contributed by atoms with van der Waals surface area (Å²) in [5.74, 6) is 0. The quantitative estimate of drug-likeness (QED) is 0.618. The van der Waals surface area contributed by atoms with Gasteiger partial charge in [-0.15, -0.1) is 0 Å². The van der Waals surface area contributed by atoms with Gasteiger partial charge in [-0.2, -0.15) is 0 Å². The molecule has 13 heavy (non-hydrogen) atoms. The molecule has 0 aromatic carbocycles. The lowest BCUT2D eigenvalue weighted by molar-refractivity contribution is 0.106. The Balaban J connectivity index is 3.67. The van der Waals surface area contributed by atoms with Gasteiger partial charge in [-0.25, -0.2) is 0 Å². The van der Waals surface area contributed by atoms with E-state index in [2.05, 4.69) is 25.7 Å². The highest BCUT2D eigenvalue weighted by Gasteiger charge is 2.10. The van der Waals surface area contributed by atoms with Gasteiger partial charge in [0.2, 0.25) is 0 Å². The summed E-state index contributed by atoms with van der Waals surface area (Å²) in [6.45, 7) is 10.4. The van der Waals surface area contributed by atoms with Crippen molar-refractivity contribution in [1.29, 1.82) is 0 Å². The van der Waals surface area contributed by atoms with Crippen molar-refractivity contribution in [2.24, 2.45) is 0 Å². The van der Waals surface area contributed by atoms with E-state index in [1.165, 1.54) is 19.3 Å². The van der Waals surface area contributed by atoms with E-state index in [0.717, 1.165) is 13.1 Å². The zero-order valence-electron chi connectivity index (χ0n) is 9.58. The molecule has 0 aromatic heterocycles. The lowest BCUT2D eigenvalue weighted by Crippen LogP contribution is -2.37. The normalized spacial score (nSPS) is 14.1. The first kappa shape index (κ1) is 12.9. The van der Waals surface area contributed by atoms with Crippen molar-refractivity contribution < 1.29 is 5.11 Å². The van der Waals surface area contributed by atoms with Crippen molar-refractivity contribution in [2.75, 3.05) is 13.1 Å². The van der Waals surface area contributed by atoms with E-state index in [-0.39, 0.29) is 6.10 Å². The standard InChI is InChI=1S/C11H25NO/c1-5-6-7-8-12(10(2)3)9-11(4)13/h10-11,13H,5-9H2,1-4H3/t11-/m1/s1. The Morgan fingerprint density at radius 1 is 1.15 bits per heavy atom. The van der Waals surface area contributed by atoms with Crippen LogP contribution in [0, 0.1) is 0 Å². The highest BCUT2D eigenvalue weighted by atomic mass is 16.3. The molecule has 0 unspecified atom stereocenters. The topological polar surface area (TPSA) is 23.5 Å². The molecule has 80 valence electrons. The summed E-state index contributed by atoms with van der Waals surface area (Å²) in [7, 11) is 0. The summed E-state index contributed by atoms with van der Waals surface area (Å²) >= 11 is 0. The SMILES string of the molecule is CCCCCN(C[C@@H](C)O)C(C)C. The minimum absolute atomic E-state index is 0.205. The Bertz CT molecular complexity index is 113. The average molecular weight is 187 g/mol. The van der Waals surface area contributed by atoms with E-state index in [9.17, 15) is 5.11 Å². The van der Waals surface area contributed by atoms with Crippen LogP contribution in [0.2, 0.25) is 0 Å². The molecule has 0 aromatic rings. The summed E-state index contributed by atoms with van der Waals surface area (Å²) in [6.07, 6.45) is 3.61. The second-order valence-corrected chi connectivity index (χ2v) is 4.14. The number of hydrogen-bond donors (Lipinski definition) is 1. The molecule has 0 saturated heterocycles. The molecule has 0 saturated carbocycles. The van der Waals surface area contributed by atoms with Crippen molar-refractivity contribution >= 4 is 0 Å². The molecule has 0 heterocycles. The molecule has 1 atom stereocenters. The fourth-order valence-electron chi connectivity index (χ4n) is 1.46. The fourth-order valence-corrected chi connectivity index (χ4v) is 1.46. The van der Waals surface area contributed by atoms with Crippen LogP contribution in [0.3, 0.4) is 0 Å². The van der Waals surface area contributed by atoms with Crippen LogP contribution in [-0.4, -0.2) is 35.2 Å². The third-order valence-electron chi connectivity index (χ3n) is 2.28. The molecule has 2 nitrogen and oxygen atoms in total. The number of hydrogen-bond acceptors (Lipinski definition) is 2. The Morgan fingerprint density at radius 2 is 1.77 bits per heavy atom. The molecule has 0 radical (unpaired) electrons. The molecule has 0 bridgehead atoms.